The summed E-state index contributed by atoms with van der Waals surface area (Å²) in [5, 5.41) is 0.518. The fraction of sp³-hybridized carbons (Fsp3) is 0.182. The van der Waals surface area contributed by atoms with E-state index in [1.165, 1.54) is 0 Å². The van der Waals surface area contributed by atoms with Crippen LogP contribution in [0.4, 0.5) is 13.2 Å². The number of hydrogen-bond donors (Lipinski definition) is 0. The van der Waals surface area contributed by atoms with Gasteiger partial charge in [0.1, 0.15) is 0 Å². The van der Waals surface area contributed by atoms with Crippen LogP contribution < -0.4 is 0 Å². The average molecular weight is 211 g/mol. The Kier molecular flexibility index (Phi) is 2.14. The van der Waals surface area contributed by atoms with Gasteiger partial charge in [-0.05, 0) is 25.1 Å². The number of halogens is 3. The van der Waals surface area contributed by atoms with Crippen LogP contribution in [0, 0.1) is 6.92 Å². The van der Waals surface area contributed by atoms with Crippen molar-refractivity contribution in [3.63, 3.8) is 0 Å². The van der Waals surface area contributed by atoms with Gasteiger partial charge in [-0.2, -0.15) is 13.2 Å². The summed E-state index contributed by atoms with van der Waals surface area (Å²) in [5.41, 5.74) is 0.790. The standard InChI is InChI=1S/C11H8F3N/c1-7-2-3-10-8(4-7)5-9(6-15-10)11(12,13)14/h2-6H,1H3. The summed E-state index contributed by atoms with van der Waals surface area (Å²) in [6, 6.07) is 6.35. The fourth-order valence-electron chi connectivity index (χ4n) is 1.41. The molecule has 0 spiro atoms. The first-order valence-corrected chi connectivity index (χ1v) is 4.40. The molecule has 0 atom stereocenters. The molecule has 0 saturated heterocycles. The van der Waals surface area contributed by atoms with Gasteiger partial charge in [0.15, 0.2) is 0 Å². The van der Waals surface area contributed by atoms with Gasteiger partial charge in [-0.15, -0.1) is 0 Å². The zero-order valence-corrected chi connectivity index (χ0v) is 7.97. The van der Waals surface area contributed by atoms with E-state index in [1.807, 2.05) is 13.0 Å². The normalized spacial score (nSPS) is 12.0. The molecule has 0 N–H and O–H groups in total. The fourth-order valence-corrected chi connectivity index (χ4v) is 1.41. The van der Waals surface area contributed by atoms with Crippen LogP contribution in [0.25, 0.3) is 10.9 Å². The molecule has 0 saturated carbocycles. The predicted molar refractivity (Wildman–Crippen MR) is 51.5 cm³/mol. The summed E-state index contributed by atoms with van der Waals surface area (Å²) in [5.74, 6) is 0. The lowest BCUT2D eigenvalue weighted by atomic mass is 10.1. The highest BCUT2D eigenvalue weighted by atomic mass is 19.4. The first kappa shape index (κ1) is 9.96. The Labute approximate surface area is 84.6 Å². The number of hydrogen-bond acceptors (Lipinski definition) is 1. The monoisotopic (exact) mass is 211 g/mol. The van der Waals surface area contributed by atoms with Crippen molar-refractivity contribution >= 4 is 10.9 Å². The maximum atomic E-state index is 12.4. The third-order valence-electron chi connectivity index (χ3n) is 2.16. The van der Waals surface area contributed by atoms with Gasteiger partial charge in [0.2, 0.25) is 0 Å². The number of benzene rings is 1. The molecule has 0 aliphatic rings. The van der Waals surface area contributed by atoms with Crippen LogP contribution in [-0.4, -0.2) is 4.98 Å². The predicted octanol–water partition coefficient (Wildman–Crippen LogP) is 3.56. The Morgan fingerprint density at radius 3 is 2.53 bits per heavy atom. The maximum Gasteiger partial charge on any atom is 0.417 e. The van der Waals surface area contributed by atoms with Gasteiger partial charge in [0.05, 0.1) is 11.1 Å². The molecule has 0 unspecified atom stereocenters. The number of aryl methyl sites for hydroxylation is 1. The Morgan fingerprint density at radius 1 is 1.13 bits per heavy atom. The smallest absolute Gasteiger partial charge is 0.256 e. The SMILES string of the molecule is Cc1ccc2ncc(C(F)(F)F)cc2c1. The summed E-state index contributed by atoms with van der Waals surface area (Å²) in [6.45, 7) is 1.83. The van der Waals surface area contributed by atoms with E-state index in [0.29, 0.717) is 10.9 Å². The summed E-state index contributed by atoms with van der Waals surface area (Å²) in [4.78, 5) is 3.77. The molecular weight excluding hydrogens is 203 g/mol. The second-order valence-electron chi connectivity index (χ2n) is 3.42. The lowest BCUT2D eigenvalue weighted by Crippen LogP contribution is -2.05. The van der Waals surface area contributed by atoms with Crippen molar-refractivity contribution in [2.24, 2.45) is 0 Å². The van der Waals surface area contributed by atoms with Crippen LogP contribution in [0.5, 0.6) is 0 Å². The van der Waals surface area contributed by atoms with Crippen LogP contribution >= 0.6 is 0 Å². The molecule has 0 aliphatic heterocycles. The highest BCUT2D eigenvalue weighted by Gasteiger charge is 2.30. The van der Waals surface area contributed by atoms with E-state index in [0.717, 1.165) is 17.8 Å². The molecule has 0 amide bonds. The molecule has 0 aliphatic carbocycles. The molecule has 4 heteroatoms. The zero-order chi connectivity index (χ0) is 11.1. The van der Waals surface area contributed by atoms with E-state index in [1.54, 1.807) is 12.1 Å². The van der Waals surface area contributed by atoms with Crippen molar-refractivity contribution in [2.45, 2.75) is 13.1 Å². The number of pyridine rings is 1. The average Bonchev–Trinajstić information content (AvgIpc) is 2.15. The van der Waals surface area contributed by atoms with Crippen LogP contribution in [0.2, 0.25) is 0 Å². The van der Waals surface area contributed by atoms with Crippen molar-refractivity contribution in [2.75, 3.05) is 0 Å². The van der Waals surface area contributed by atoms with Crippen molar-refractivity contribution in [1.29, 1.82) is 0 Å². The van der Waals surface area contributed by atoms with Gasteiger partial charge in [-0.25, -0.2) is 0 Å². The van der Waals surface area contributed by atoms with E-state index >= 15 is 0 Å². The molecule has 15 heavy (non-hydrogen) atoms. The zero-order valence-electron chi connectivity index (χ0n) is 7.97. The first-order chi connectivity index (χ1) is 6.97. The summed E-state index contributed by atoms with van der Waals surface area (Å²) in [6.07, 6.45) is -3.47. The molecule has 0 radical (unpaired) electrons. The minimum atomic E-state index is -4.33. The van der Waals surface area contributed by atoms with Crippen LogP contribution in [-0.2, 0) is 6.18 Å². The highest BCUT2D eigenvalue weighted by molar-refractivity contribution is 5.79. The highest BCUT2D eigenvalue weighted by Crippen LogP contribution is 2.30. The van der Waals surface area contributed by atoms with Crippen molar-refractivity contribution in [1.82, 2.24) is 4.98 Å². The number of fused-ring (bicyclic) bond motifs is 1. The molecular formula is C11H8F3N. The summed E-state index contributed by atoms with van der Waals surface area (Å²) < 4.78 is 37.1. The van der Waals surface area contributed by atoms with E-state index in [4.69, 9.17) is 0 Å². The Bertz CT molecular complexity index is 503. The van der Waals surface area contributed by atoms with Gasteiger partial charge in [0, 0.05) is 11.6 Å². The van der Waals surface area contributed by atoms with Gasteiger partial charge in [-0.1, -0.05) is 11.6 Å². The Balaban J connectivity index is 2.64. The maximum absolute atomic E-state index is 12.4. The van der Waals surface area contributed by atoms with E-state index in [2.05, 4.69) is 4.98 Å². The third kappa shape index (κ3) is 1.93. The number of alkyl halides is 3. The van der Waals surface area contributed by atoms with Crippen molar-refractivity contribution in [3.8, 4) is 0 Å². The van der Waals surface area contributed by atoms with E-state index in [9.17, 15) is 13.2 Å². The van der Waals surface area contributed by atoms with Gasteiger partial charge in [0.25, 0.3) is 0 Å². The second kappa shape index (κ2) is 3.22. The van der Waals surface area contributed by atoms with E-state index < -0.39 is 11.7 Å². The topological polar surface area (TPSA) is 12.9 Å². The first-order valence-electron chi connectivity index (χ1n) is 4.40. The number of nitrogens with zero attached hydrogens (tertiary/aromatic N) is 1. The Morgan fingerprint density at radius 2 is 1.87 bits per heavy atom. The van der Waals surface area contributed by atoms with E-state index in [-0.39, 0.29) is 0 Å². The summed E-state index contributed by atoms with van der Waals surface area (Å²) in [7, 11) is 0. The van der Waals surface area contributed by atoms with Gasteiger partial charge >= 0.3 is 6.18 Å². The second-order valence-corrected chi connectivity index (χ2v) is 3.42. The van der Waals surface area contributed by atoms with Crippen LogP contribution in [0.3, 0.4) is 0 Å². The molecule has 1 nitrogen and oxygen atoms in total. The molecule has 0 bridgehead atoms. The Hall–Kier alpha value is -1.58. The van der Waals surface area contributed by atoms with Crippen molar-refractivity contribution < 1.29 is 13.2 Å². The molecule has 2 rings (SSSR count). The van der Waals surface area contributed by atoms with Gasteiger partial charge in [-0.3, -0.25) is 4.98 Å². The molecule has 1 aromatic heterocycles. The van der Waals surface area contributed by atoms with Crippen LogP contribution in [0.15, 0.2) is 30.5 Å². The molecule has 0 fully saturated rings. The quantitative estimate of drug-likeness (QED) is 0.649. The number of aromatic nitrogens is 1. The molecule has 1 aromatic carbocycles. The lowest BCUT2D eigenvalue weighted by Gasteiger charge is -2.07. The largest absolute Gasteiger partial charge is 0.417 e. The number of rotatable bonds is 0. The minimum Gasteiger partial charge on any atom is -0.256 e. The van der Waals surface area contributed by atoms with Crippen LogP contribution in [0.1, 0.15) is 11.1 Å². The lowest BCUT2D eigenvalue weighted by molar-refractivity contribution is -0.137. The molecule has 78 valence electrons. The van der Waals surface area contributed by atoms with Gasteiger partial charge < -0.3 is 0 Å². The third-order valence-corrected chi connectivity index (χ3v) is 2.16. The molecule has 1 heterocycles. The van der Waals surface area contributed by atoms with Crippen molar-refractivity contribution in [3.05, 3.63) is 41.6 Å². The molecule has 2 aromatic rings. The minimum absolute atomic E-state index is 0.518. The summed E-state index contributed by atoms with van der Waals surface area (Å²) >= 11 is 0.